The average molecular weight is 512 g/mol. The van der Waals surface area contributed by atoms with Gasteiger partial charge in [0.15, 0.2) is 11.5 Å². The number of carbonyl (C=O) groups excluding carboxylic acids is 1. The molecule has 0 bridgehead atoms. The molecule has 0 radical (unpaired) electrons. The van der Waals surface area contributed by atoms with Crippen LogP contribution in [0.1, 0.15) is 24.0 Å². The number of nitrogens with one attached hydrogen (secondary N) is 2. The van der Waals surface area contributed by atoms with Crippen molar-refractivity contribution in [1.29, 1.82) is 0 Å². The Morgan fingerprint density at radius 1 is 0.947 bits per heavy atom. The zero-order valence-electron chi connectivity index (χ0n) is 21.5. The molecule has 194 valence electrons. The standard InChI is InChI=1S/C31H30FN3O3/c1-37-28-15-10-20(18-29(28)38-2)16-17-33-30(36)9-5-7-23-24-19-22(32)12-14-26(24)35-31(23)27-13-11-21-6-3-4-8-25(21)34-27/h3-4,6,8,10-15,18-19,35H,5,7,9,16-17H2,1-2H3,(H,33,36). The third-order valence-corrected chi connectivity index (χ3v) is 6.74. The van der Waals surface area contributed by atoms with Crippen LogP contribution in [-0.2, 0) is 17.6 Å². The molecule has 38 heavy (non-hydrogen) atoms. The van der Waals surface area contributed by atoms with Crippen LogP contribution in [0.4, 0.5) is 4.39 Å². The lowest BCUT2D eigenvalue weighted by molar-refractivity contribution is -0.121. The first-order valence-corrected chi connectivity index (χ1v) is 12.7. The van der Waals surface area contributed by atoms with Crippen molar-refractivity contribution in [3.8, 4) is 22.9 Å². The summed E-state index contributed by atoms with van der Waals surface area (Å²) in [6.45, 7) is 0.527. The fourth-order valence-electron chi connectivity index (χ4n) is 4.80. The maximum atomic E-state index is 14.1. The average Bonchev–Trinajstić information content (AvgIpc) is 3.30. The zero-order valence-corrected chi connectivity index (χ0v) is 21.5. The van der Waals surface area contributed by atoms with Crippen molar-refractivity contribution < 1.29 is 18.7 Å². The third-order valence-electron chi connectivity index (χ3n) is 6.74. The summed E-state index contributed by atoms with van der Waals surface area (Å²) < 4.78 is 24.8. The maximum absolute atomic E-state index is 14.1. The van der Waals surface area contributed by atoms with Crippen molar-refractivity contribution in [3.05, 3.63) is 89.7 Å². The fourth-order valence-corrected chi connectivity index (χ4v) is 4.80. The molecule has 0 aliphatic rings. The molecule has 5 aromatic rings. The van der Waals surface area contributed by atoms with Gasteiger partial charge in [0.1, 0.15) is 5.82 Å². The van der Waals surface area contributed by atoms with Gasteiger partial charge in [-0.15, -0.1) is 0 Å². The predicted octanol–water partition coefficient (Wildman–Crippen LogP) is 6.22. The van der Waals surface area contributed by atoms with E-state index in [-0.39, 0.29) is 11.7 Å². The molecule has 2 N–H and O–H groups in total. The highest BCUT2D eigenvalue weighted by atomic mass is 19.1. The largest absolute Gasteiger partial charge is 0.493 e. The van der Waals surface area contributed by atoms with Crippen LogP contribution in [0.5, 0.6) is 11.5 Å². The van der Waals surface area contributed by atoms with Gasteiger partial charge in [0, 0.05) is 29.3 Å². The molecule has 3 aromatic carbocycles. The van der Waals surface area contributed by atoms with E-state index in [1.165, 1.54) is 6.07 Å². The van der Waals surface area contributed by atoms with Gasteiger partial charge in [0.2, 0.25) is 5.91 Å². The van der Waals surface area contributed by atoms with E-state index in [0.717, 1.165) is 44.3 Å². The number of carbonyl (C=O) groups is 1. The monoisotopic (exact) mass is 511 g/mol. The van der Waals surface area contributed by atoms with E-state index in [2.05, 4.69) is 10.3 Å². The van der Waals surface area contributed by atoms with Gasteiger partial charge in [0.05, 0.1) is 31.1 Å². The number of nitrogens with zero attached hydrogens (tertiary/aromatic N) is 1. The fraction of sp³-hybridized carbons (Fsp3) is 0.226. The first-order chi connectivity index (χ1) is 18.6. The summed E-state index contributed by atoms with van der Waals surface area (Å²) in [7, 11) is 3.21. The number of hydrogen-bond acceptors (Lipinski definition) is 4. The van der Waals surface area contributed by atoms with Crippen LogP contribution in [0.15, 0.2) is 72.8 Å². The first kappa shape index (κ1) is 25.3. The molecule has 0 unspecified atom stereocenters. The van der Waals surface area contributed by atoms with Crippen molar-refractivity contribution in [2.45, 2.75) is 25.7 Å². The van der Waals surface area contributed by atoms with Crippen LogP contribution in [0.2, 0.25) is 0 Å². The number of rotatable bonds is 10. The minimum Gasteiger partial charge on any atom is -0.493 e. The quantitative estimate of drug-likeness (QED) is 0.233. The zero-order chi connectivity index (χ0) is 26.5. The third kappa shape index (κ3) is 5.47. The Hall–Kier alpha value is -4.39. The molecule has 5 rings (SSSR count). The van der Waals surface area contributed by atoms with Gasteiger partial charge in [-0.2, -0.15) is 0 Å². The molecular formula is C31H30FN3O3. The van der Waals surface area contributed by atoms with Gasteiger partial charge in [-0.05, 0) is 72.9 Å². The number of amides is 1. The van der Waals surface area contributed by atoms with Gasteiger partial charge in [-0.25, -0.2) is 9.37 Å². The highest BCUT2D eigenvalue weighted by Crippen LogP contribution is 2.32. The van der Waals surface area contributed by atoms with E-state index in [1.54, 1.807) is 26.4 Å². The Bertz CT molecular complexity index is 1590. The second-order valence-corrected chi connectivity index (χ2v) is 9.20. The van der Waals surface area contributed by atoms with Crippen LogP contribution in [0.25, 0.3) is 33.2 Å². The normalized spacial score (nSPS) is 11.1. The second kappa shape index (κ2) is 11.3. The lowest BCUT2D eigenvalue weighted by Crippen LogP contribution is -2.25. The van der Waals surface area contributed by atoms with Crippen molar-refractivity contribution in [2.75, 3.05) is 20.8 Å². The van der Waals surface area contributed by atoms with Crippen LogP contribution in [0.3, 0.4) is 0 Å². The Balaban J connectivity index is 1.25. The number of aryl methyl sites for hydroxylation is 1. The van der Waals surface area contributed by atoms with Crippen molar-refractivity contribution in [1.82, 2.24) is 15.3 Å². The molecule has 0 atom stereocenters. The molecule has 0 saturated heterocycles. The number of halogens is 1. The van der Waals surface area contributed by atoms with Gasteiger partial charge >= 0.3 is 0 Å². The summed E-state index contributed by atoms with van der Waals surface area (Å²) in [5.41, 5.74) is 5.44. The Kier molecular flexibility index (Phi) is 7.54. The number of H-pyrrole nitrogens is 1. The topological polar surface area (TPSA) is 76.2 Å². The van der Waals surface area contributed by atoms with Crippen molar-refractivity contribution in [3.63, 3.8) is 0 Å². The number of methoxy groups -OCH3 is 2. The number of aromatic amines is 1. The summed E-state index contributed by atoms with van der Waals surface area (Å²) >= 11 is 0. The van der Waals surface area contributed by atoms with E-state index in [1.807, 2.05) is 54.6 Å². The summed E-state index contributed by atoms with van der Waals surface area (Å²) in [5.74, 6) is 1.05. The summed E-state index contributed by atoms with van der Waals surface area (Å²) in [6.07, 6.45) is 2.31. The molecule has 0 fully saturated rings. The molecule has 2 heterocycles. The summed E-state index contributed by atoms with van der Waals surface area (Å²) in [5, 5.41) is 4.88. The van der Waals surface area contributed by atoms with Crippen LogP contribution >= 0.6 is 0 Å². The minimum atomic E-state index is -0.288. The molecule has 0 spiro atoms. The van der Waals surface area contributed by atoms with Crippen LogP contribution < -0.4 is 14.8 Å². The number of ether oxygens (including phenoxy) is 2. The van der Waals surface area contributed by atoms with E-state index in [0.29, 0.717) is 43.7 Å². The number of hydrogen-bond donors (Lipinski definition) is 2. The lowest BCUT2D eigenvalue weighted by atomic mass is 10.0. The van der Waals surface area contributed by atoms with Gasteiger partial charge in [0.25, 0.3) is 0 Å². The molecule has 2 aromatic heterocycles. The SMILES string of the molecule is COc1ccc(CCNC(=O)CCCc2c(-c3ccc4ccccc4n3)[nH]c3ccc(F)cc23)cc1OC. The number of pyridine rings is 1. The molecule has 0 saturated carbocycles. The van der Waals surface area contributed by atoms with E-state index in [4.69, 9.17) is 14.5 Å². The number of aromatic nitrogens is 2. The predicted molar refractivity (Wildman–Crippen MR) is 148 cm³/mol. The number of fused-ring (bicyclic) bond motifs is 2. The highest BCUT2D eigenvalue weighted by molar-refractivity contribution is 5.91. The molecular weight excluding hydrogens is 481 g/mol. The number of benzene rings is 3. The molecule has 0 aliphatic heterocycles. The second-order valence-electron chi connectivity index (χ2n) is 9.20. The maximum Gasteiger partial charge on any atom is 0.220 e. The summed E-state index contributed by atoms with van der Waals surface area (Å²) in [6, 6.07) is 22.5. The summed E-state index contributed by atoms with van der Waals surface area (Å²) in [4.78, 5) is 20.8. The molecule has 1 amide bonds. The highest BCUT2D eigenvalue weighted by Gasteiger charge is 2.16. The number of para-hydroxylation sites is 1. The first-order valence-electron chi connectivity index (χ1n) is 12.7. The molecule has 0 aliphatic carbocycles. The Morgan fingerprint density at radius 3 is 2.63 bits per heavy atom. The van der Waals surface area contributed by atoms with E-state index in [9.17, 15) is 9.18 Å². The lowest BCUT2D eigenvalue weighted by Gasteiger charge is -2.10. The van der Waals surface area contributed by atoms with Gasteiger partial charge in [-0.1, -0.05) is 30.3 Å². The van der Waals surface area contributed by atoms with Crippen LogP contribution in [0, 0.1) is 5.82 Å². The molecule has 6 nitrogen and oxygen atoms in total. The van der Waals surface area contributed by atoms with Gasteiger partial charge in [-0.3, -0.25) is 4.79 Å². The Labute approximate surface area is 220 Å². The minimum absolute atomic E-state index is 0.0121. The van der Waals surface area contributed by atoms with Crippen LogP contribution in [-0.4, -0.2) is 36.6 Å². The Morgan fingerprint density at radius 2 is 1.79 bits per heavy atom. The van der Waals surface area contributed by atoms with Crippen molar-refractivity contribution in [2.24, 2.45) is 0 Å². The van der Waals surface area contributed by atoms with E-state index >= 15 is 0 Å². The van der Waals surface area contributed by atoms with Crippen molar-refractivity contribution >= 4 is 27.7 Å². The molecule has 7 heteroatoms. The van der Waals surface area contributed by atoms with E-state index < -0.39 is 0 Å². The van der Waals surface area contributed by atoms with Gasteiger partial charge < -0.3 is 19.8 Å². The smallest absolute Gasteiger partial charge is 0.220 e.